The number of hydrogen-bond acceptors (Lipinski definition) is 3. The van der Waals surface area contributed by atoms with E-state index in [9.17, 15) is 4.79 Å². The van der Waals surface area contributed by atoms with E-state index in [0.717, 1.165) is 30.4 Å². The van der Waals surface area contributed by atoms with E-state index in [-0.39, 0.29) is 24.2 Å². The second-order valence-electron chi connectivity index (χ2n) is 5.50. The summed E-state index contributed by atoms with van der Waals surface area (Å²) in [5.41, 5.74) is 7.97. The topological polar surface area (TPSA) is 64.3 Å². The van der Waals surface area contributed by atoms with Crippen LogP contribution in [-0.2, 0) is 22.7 Å². The van der Waals surface area contributed by atoms with E-state index < -0.39 is 0 Å². The molecule has 1 saturated carbocycles. The van der Waals surface area contributed by atoms with Crippen molar-refractivity contribution < 1.29 is 9.53 Å². The summed E-state index contributed by atoms with van der Waals surface area (Å²) >= 11 is 0. The van der Waals surface area contributed by atoms with Crippen LogP contribution in [-0.4, -0.2) is 19.6 Å². The number of amides is 1. The summed E-state index contributed by atoms with van der Waals surface area (Å²) < 4.78 is 5.08. The molecule has 1 aliphatic rings. The lowest BCUT2D eigenvalue weighted by atomic mass is 9.95. The first-order chi connectivity index (χ1) is 9.74. The molecule has 0 aromatic heterocycles. The zero-order valence-electron chi connectivity index (χ0n) is 12.5. The second-order valence-corrected chi connectivity index (χ2v) is 5.50. The van der Waals surface area contributed by atoms with Gasteiger partial charge in [-0.1, -0.05) is 30.7 Å². The fraction of sp³-hybridized carbons (Fsp3) is 0.562. The molecule has 1 aliphatic carbocycles. The molecule has 4 nitrogen and oxygen atoms in total. The van der Waals surface area contributed by atoms with E-state index in [1.807, 2.05) is 24.3 Å². The Hall–Kier alpha value is -1.10. The van der Waals surface area contributed by atoms with Gasteiger partial charge in [-0.3, -0.25) is 4.79 Å². The van der Waals surface area contributed by atoms with Gasteiger partial charge in [-0.2, -0.15) is 0 Å². The molecular weight excluding hydrogens is 288 g/mol. The number of halogens is 1. The van der Waals surface area contributed by atoms with Gasteiger partial charge >= 0.3 is 0 Å². The number of ether oxygens (including phenoxy) is 1. The Morgan fingerprint density at radius 1 is 1.29 bits per heavy atom. The van der Waals surface area contributed by atoms with Gasteiger partial charge in [-0.15, -0.1) is 12.4 Å². The largest absolute Gasteiger partial charge is 0.380 e. The van der Waals surface area contributed by atoms with E-state index >= 15 is 0 Å². The van der Waals surface area contributed by atoms with Gasteiger partial charge in [0.25, 0.3) is 0 Å². The van der Waals surface area contributed by atoms with Gasteiger partial charge in [0, 0.05) is 19.6 Å². The van der Waals surface area contributed by atoms with Gasteiger partial charge in [0.1, 0.15) is 0 Å². The highest BCUT2D eigenvalue weighted by Gasteiger charge is 2.31. The Kier molecular flexibility index (Phi) is 7.72. The van der Waals surface area contributed by atoms with Crippen LogP contribution in [0.4, 0.5) is 0 Å². The molecule has 1 aromatic rings. The van der Waals surface area contributed by atoms with Gasteiger partial charge in [0.05, 0.1) is 6.61 Å². The van der Waals surface area contributed by atoms with E-state index in [1.54, 1.807) is 7.11 Å². The molecule has 0 bridgehead atoms. The quantitative estimate of drug-likeness (QED) is 0.846. The minimum atomic E-state index is 0. The monoisotopic (exact) mass is 312 g/mol. The molecule has 118 valence electrons. The van der Waals surface area contributed by atoms with Crippen molar-refractivity contribution in [1.82, 2.24) is 5.32 Å². The fourth-order valence-electron chi connectivity index (χ4n) is 2.90. The Balaban J connectivity index is 0.00000220. The summed E-state index contributed by atoms with van der Waals surface area (Å²) in [5.74, 6) is 0.616. The molecule has 2 rings (SSSR count). The summed E-state index contributed by atoms with van der Waals surface area (Å²) in [6.07, 6.45) is 3.17. The van der Waals surface area contributed by atoms with Crippen molar-refractivity contribution in [3.05, 3.63) is 35.4 Å². The molecule has 0 unspecified atom stereocenters. The molecule has 3 N–H and O–H groups in total. The zero-order valence-corrected chi connectivity index (χ0v) is 13.3. The van der Waals surface area contributed by atoms with Crippen molar-refractivity contribution in [3.63, 3.8) is 0 Å². The molecule has 1 amide bonds. The van der Waals surface area contributed by atoms with Gasteiger partial charge in [0.2, 0.25) is 5.91 Å². The standard InChI is InChI=1S/C16H24N2O2.ClH/c1-20-11-13-7-5-12(6-8-13)10-18-16(19)15-4-2-3-14(15)9-17;/h5-8,14-15H,2-4,9-11,17H2,1H3,(H,18,19);1H/t14-,15-;/m1./s1. The number of methoxy groups -OCH3 is 1. The summed E-state index contributed by atoms with van der Waals surface area (Å²) in [7, 11) is 1.68. The fourth-order valence-corrected chi connectivity index (χ4v) is 2.90. The highest BCUT2D eigenvalue weighted by atomic mass is 35.5. The first-order valence-corrected chi connectivity index (χ1v) is 7.29. The Bertz CT molecular complexity index is 436. The van der Waals surface area contributed by atoms with Crippen molar-refractivity contribution in [3.8, 4) is 0 Å². The van der Waals surface area contributed by atoms with Crippen molar-refractivity contribution in [2.45, 2.75) is 32.4 Å². The molecule has 0 radical (unpaired) electrons. The molecule has 0 heterocycles. The minimum Gasteiger partial charge on any atom is -0.380 e. The van der Waals surface area contributed by atoms with Crippen LogP contribution in [0.1, 0.15) is 30.4 Å². The molecule has 0 aliphatic heterocycles. The lowest BCUT2D eigenvalue weighted by Gasteiger charge is -2.17. The average molecular weight is 313 g/mol. The van der Waals surface area contributed by atoms with Crippen LogP contribution in [0.2, 0.25) is 0 Å². The third kappa shape index (κ3) is 4.99. The molecule has 0 saturated heterocycles. The molecule has 0 spiro atoms. The van der Waals surface area contributed by atoms with Gasteiger partial charge in [-0.05, 0) is 36.4 Å². The van der Waals surface area contributed by atoms with Crippen molar-refractivity contribution >= 4 is 18.3 Å². The van der Waals surface area contributed by atoms with Crippen molar-refractivity contribution in [2.75, 3.05) is 13.7 Å². The number of rotatable bonds is 6. The second kappa shape index (κ2) is 9.03. The third-order valence-electron chi connectivity index (χ3n) is 4.10. The van der Waals surface area contributed by atoms with E-state index in [1.165, 1.54) is 0 Å². The van der Waals surface area contributed by atoms with Gasteiger partial charge in [0.15, 0.2) is 0 Å². The predicted octanol–water partition coefficient (Wildman–Crippen LogP) is 2.25. The van der Waals surface area contributed by atoms with E-state index in [4.69, 9.17) is 10.5 Å². The van der Waals surface area contributed by atoms with E-state index in [2.05, 4.69) is 5.32 Å². The van der Waals surface area contributed by atoms with Crippen molar-refractivity contribution in [2.24, 2.45) is 17.6 Å². The summed E-state index contributed by atoms with van der Waals surface area (Å²) in [6, 6.07) is 8.12. The Morgan fingerprint density at radius 2 is 1.95 bits per heavy atom. The van der Waals surface area contributed by atoms with Crippen LogP contribution in [0.5, 0.6) is 0 Å². The van der Waals surface area contributed by atoms with Crippen LogP contribution >= 0.6 is 12.4 Å². The number of hydrogen-bond donors (Lipinski definition) is 2. The van der Waals surface area contributed by atoms with E-state index in [0.29, 0.717) is 25.6 Å². The lowest BCUT2D eigenvalue weighted by molar-refractivity contribution is -0.126. The molecule has 2 atom stereocenters. The van der Waals surface area contributed by atoms with Gasteiger partial charge in [-0.25, -0.2) is 0 Å². The van der Waals surface area contributed by atoms with Gasteiger partial charge < -0.3 is 15.8 Å². The van der Waals surface area contributed by atoms with Crippen LogP contribution in [0, 0.1) is 11.8 Å². The zero-order chi connectivity index (χ0) is 14.4. The van der Waals surface area contributed by atoms with Crippen LogP contribution in [0.15, 0.2) is 24.3 Å². The predicted molar refractivity (Wildman–Crippen MR) is 86.1 cm³/mol. The number of carbonyl (C=O) groups is 1. The van der Waals surface area contributed by atoms with Crippen LogP contribution in [0.25, 0.3) is 0 Å². The third-order valence-corrected chi connectivity index (χ3v) is 4.10. The lowest BCUT2D eigenvalue weighted by Crippen LogP contribution is -2.34. The number of nitrogens with two attached hydrogens (primary N) is 1. The maximum Gasteiger partial charge on any atom is 0.223 e. The highest BCUT2D eigenvalue weighted by molar-refractivity contribution is 5.85. The molecule has 1 fully saturated rings. The number of benzene rings is 1. The van der Waals surface area contributed by atoms with Crippen LogP contribution < -0.4 is 11.1 Å². The Labute approximate surface area is 132 Å². The maximum absolute atomic E-state index is 12.2. The molecular formula is C16H25ClN2O2. The van der Waals surface area contributed by atoms with Crippen molar-refractivity contribution in [1.29, 1.82) is 0 Å². The molecule has 5 heteroatoms. The maximum atomic E-state index is 12.2. The summed E-state index contributed by atoms with van der Waals surface area (Å²) in [6.45, 7) is 1.82. The Morgan fingerprint density at radius 3 is 2.57 bits per heavy atom. The first-order valence-electron chi connectivity index (χ1n) is 7.29. The highest BCUT2D eigenvalue weighted by Crippen LogP contribution is 2.30. The molecule has 1 aromatic carbocycles. The first kappa shape index (κ1) is 18.0. The number of nitrogens with one attached hydrogen (secondary N) is 1. The molecule has 21 heavy (non-hydrogen) atoms. The summed E-state index contributed by atoms with van der Waals surface area (Å²) in [5, 5.41) is 3.03. The average Bonchev–Trinajstić information content (AvgIpc) is 2.95. The number of carbonyl (C=O) groups excluding carboxylic acids is 1. The summed E-state index contributed by atoms with van der Waals surface area (Å²) in [4.78, 5) is 12.2. The van der Waals surface area contributed by atoms with Crippen LogP contribution in [0.3, 0.4) is 0 Å². The normalized spacial score (nSPS) is 20.9. The SMILES string of the molecule is COCc1ccc(CNC(=O)[C@@H]2CCC[C@@H]2CN)cc1.Cl. The smallest absolute Gasteiger partial charge is 0.223 e. The minimum absolute atomic E-state index is 0.